The van der Waals surface area contributed by atoms with Crippen LogP contribution in [-0.2, 0) is 52.2 Å². The summed E-state index contributed by atoms with van der Waals surface area (Å²) < 4.78 is 45.5. The maximum atomic E-state index is 11.3. The number of aliphatic hydroxyl groups is 1. The minimum atomic E-state index is -0.503. The van der Waals surface area contributed by atoms with Crippen LogP contribution in [0.3, 0.4) is 0 Å². The second-order valence-corrected chi connectivity index (χ2v) is 12.2. The van der Waals surface area contributed by atoms with Crippen LogP contribution in [0.15, 0.2) is 0 Å². The van der Waals surface area contributed by atoms with Gasteiger partial charge >= 0.3 is 24.1 Å². The van der Waals surface area contributed by atoms with E-state index in [4.69, 9.17) is 43.0 Å². The minimum absolute atomic E-state index is 0.0141. The standard InChI is InChI=1S/C16H31NO7.C11H23NO5.C5H9BrO2/c1-5-23-14(18)6-8-20-10-12-22-13-11-21-9-7-17-15(19)24-16(2,3)4;1-11(2,3)17-10(14)12-4-6-15-8-9-16-7-5-13;1-2-8-5(7)3-4-6/h5-13H2,1-4H3,(H,17,19);13H,4-9H2,1-3H3,(H,12,14);2-4H2,1H3. The van der Waals surface area contributed by atoms with Gasteiger partial charge in [0.1, 0.15) is 11.2 Å². The van der Waals surface area contributed by atoms with Crippen LogP contribution in [0, 0.1) is 0 Å². The molecule has 3 N–H and O–H groups in total. The Bertz CT molecular complexity index is 800. The predicted octanol–water partition coefficient (Wildman–Crippen LogP) is 3.39. The monoisotopic (exact) mass is 778 g/mol. The Balaban J connectivity index is -0.000000732. The van der Waals surface area contributed by atoms with Gasteiger partial charge in [-0.25, -0.2) is 9.59 Å². The molecule has 0 aromatic carbocycles. The molecule has 0 saturated heterocycles. The summed E-state index contributed by atoms with van der Waals surface area (Å²) >= 11 is 3.12. The van der Waals surface area contributed by atoms with Gasteiger partial charge in [0.05, 0.1) is 98.7 Å². The molecule has 0 spiro atoms. The van der Waals surface area contributed by atoms with Crippen LogP contribution in [0.4, 0.5) is 9.59 Å². The van der Waals surface area contributed by atoms with Crippen LogP contribution >= 0.6 is 15.9 Å². The number of halogens is 1. The maximum Gasteiger partial charge on any atom is 0.407 e. The van der Waals surface area contributed by atoms with Gasteiger partial charge < -0.3 is 58.4 Å². The number of hydrogen-bond acceptors (Lipinski definition) is 14. The topological polar surface area (TPSA) is 196 Å². The summed E-state index contributed by atoms with van der Waals surface area (Å²) in [5.41, 5.74) is -0.986. The number of alkyl halides is 1. The average Bonchev–Trinajstić information content (AvgIpc) is 2.98. The van der Waals surface area contributed by atoms with Gasteiger partial charge in [-0.1, -0.05) is 15.9 Å². The highest BCUT2D eigenvalue weighted by atomic mass is 79.9. The van der Waals surface area contributed by atoms with E-state index in [-0.39, 0.29) is 25.0 Å². The van der Waals surface area contributed by atoms with Crippen LogP contribution in [0.1, 0.15) is 68.2 Å². The highest BCUT2D eigenvalue weighted by molar-refractivity contribution is 9.09. The Labute approximate surface area is 300 Å². The molecule has 0 fully saturated rings. The fourth-order valence-electron chi connectivity index (χ4n) is 2.71. The summed E-state index contributed by atoms with van der Waals surface area (Å²) in [5, 5.41) is 14.3. The van der Waals surface area contributed by atoms with Gasteiger partial charge in [-0.05, 0) is 55.4 Å². The quantitative estimate of drug-likeness (QED) is 0.0558. The van der Waals surface area contributed by atoms with Crippen LogP contribution in [0.5, 0.6) is 0 Å². The Morgan fingerprint density at radius 3 is 1.24 bits per heavy atom. The number of aliphatic hydroxyl groups excluding tert-OH is 1. The number of amides is 2. The first kappa shape index (κ1) is 51.1. The minimum Gasteiger partial charge on any atom is -0.466 e. The summed E-state index contributed by atoms with van der Waals surface area (Å²) in [5.74, 6) is -0.392. The zero-order valence-electron chi connectivity index (χ0n) is 30.9. The average molecular weight is 780 g/mol. The Morgan fingerprint density at radius 2 is 0.898 bits per heavy atom. The molecule has 0 aliphatic rings. The highest BCUT2D eigenvalue weighted by Crippen LogP contribution is 2.06. The third-order valence-electron chi connectivity index (χ3n) is 4.54. The Morgan fingerprint density at radius 1 is 0.551 bits per heavy atom. The SMILES string of the molecule is CC(C)(C)OC(=O)NCCOCCOCCO.CCOC(=O)CCBr.CCOC(=O)CCOCCOCCOCCNC(=O)OC(C)(C)C. The zero-order valence-corrected chi connectivity index (χ0v) is 32.4. The predicted molar refractivity (Wildman–Crippen MR) is 186 cm³/mol. The first-order valence-electron chi connectivity index (χ1n) is 16.4. The molecule has 0 heterocycles. The molecular formula is C32H63BrN2O14. The van der Waals surface area contributed by atoms with E-state index in [1.54, 1.807) is 34.6 Å². The lowest BCUT2D eigenvalue weighted by atomic mass is 10.2. The summed E-state index contributed by atoms with van der Waals surface area (Å²) in [7, 11) is 0. The number of esters is 2. The lowest BCUT2D eigenvalue weighted by molar-refractivity contribution is -0.144. The molecule has 0 radical (unpaired) electrons. The molecule has 0 aliphatic heterocycles. The van der Waals surface area contributed by atoms with Crippen LogP contribution in [0.2, 0.25) is 0 Å². The molecule has 292 valence electrons. The first-order valence-corrected chi connectivity index (χ1v) is 17.5. The number of ether oxygens (including phenoxy) is 9. The maximum absolute atomic E-state index is 11.3. The van der Waals surface area contributed by atoms with Crippen molar-refractivity contribution in [1.29, 1.82) is 0 Å². The highest BCUT2D eigenvalue weighted by Gasteiger charge is 2.16. The van der Waals surface area contributed by atoms with Crippen molar-refractivity contribution in [3.05, 3.63) is 0 Å². The molecular weight excluding hydrogens is 716 g/mol. The third kappa shape index (κ3) is 50.2. The largest absolute Gasteiger partial charge is 0.466 e. The van der Waals surface area contributed by atoms with Crippen molar-refractivity contribution in [2.75, 3.05) is 104 Å². The van der Waals surface area contributed by atoms with E-state index in [9.17, 15) is 19.2 Å². The van der Waals surface area contributed by atoms with Crippen molar-refractivity contribution in [3.63, 3.8) is 0 Å². The Hall–Kier alpha value is -2.28. The zero-order chi connectivity index (χ0) is 37.8. The molecule has 0 aliphatic carbocycles. The van der Waals surface area contributed by atoms with E-state index in [0.29, 0.717) is 104 Å². The molecule has 0 aromatic rings. The number of hydrogen-bond donors (Lipinski definition) is 3. The van der Waals surface area contributed by atoms with Crippen LogP contribution in [0.25, 0.3) is 0 Å². The van der Waals surface area contributed by atoms with E-state index < -0.39 is 23.4 Å². The summed E-state index contributed by atoms with van der Waals surface area (Å²) in [6.45, 7) is 20.1. The summed E-state index contributed by atoms with van der Waals surface area (Å²) in [6, 6.07) is 0. The van der Waals surface area contributed by atoms with Crippen molar-refractivity contribution in [2.24, 2.45) is 0 Å². The Kier molecular flexibility index (Phi) is 37.1. The third-order valence-corrected chi connectivity index (χ3v) is 4.94. The van der Waals surface area contributed by atoms with Gasteiger partial charge in [0.15, 0.2) is 0 Å². The molecule has 2 amide bonds. The van der Waals surface area contributed by atoms with E-state index >= 15 is 0 Å². The molecule has 0 atom stereocenters. The van der Waals surface area contributed by atoms with Crippen LogP contribution in [-0.4, -0.2) is 145 Å². The van der Waals surface area contributed by atoms with E-state index in [0.717, 1.165) is 0 Å². The van der Waals surface area contributed by atoms with Gasteiger partial charge in [-0.3, -0.25) is 9.59 Å². The second-order valence-electron chi connectivity index (χ2n) is 11.4. The molecule has 0 aromatic heterocycles. The van der Waals surface area contributed by atoms with Gasteiger partial charge in [0, 0.05) is 18.4 Å². The van der Waals surface area contributed by atoms with Crippen LogP contribution < -0.4 is 10.6 Å². The van der Waals surface area contributed by atoms with Gasteiger partial charge in [0.25, 0.3) is 0 Å². The number of rotatable bonds is 24. The lowest BCUT2D eigenvalue weighted by Crippen LogP contribution is -2.34. The van der Waals surface area contributed by atoms with Gasteiger partial charge in [-0.2, -0.15) is 0 Å². The van der Waals surface area contributed by atoms with E-state index in [2.05, 4.69) is 31.3 Å². The number of nitrogens with one attached hydrogen (secondary N) is 2. The van der Waals surface area contributed by atoms with Gasteiger partial charge in [-0.15, -0.1) is 0 Å². The lowest BCUT2D eigenvalue weighted by Gasteiger charge is -2.19. The summed E-state index contributed by atoms with van der Waals surface area (Å²) in [6.07, 6.45) is -0.185. The van der Waals surface area contributed by atoms with E-state index in [1.807, 2.05) is 20.8 Å². The molecule has 0 bridgehead atoms. The van der Waals surface area contributed by atoms with Crippen molar-refractivity contribution < 1.29 is 66.9 Å². The van der Waals surface area contributed by atoms with Crippen molar-refractivity contribution in [3.8, 4) is 0 Å². The number of carbonyl (C=O) groups excluding carboxylic acids is 4. The van der Waals surface area contributed by atoms with Crippen molar-refractivity contribution >= 4 is 40.1 Å². The number of alkyl carbamates (subject to hydrolysis) is 2. The fourth-order valence-corrected chi connectivity index (χ4v) is 3.03. The second kappa shape index (κ2) is 35.5. The van der Waals surface area contributed by atoms with Crippen molar-refractivity contribution in [1.82, 2.24) is 10.6 Å². The number of carbonyl (C=O) groups is 4. The normalized spacial score (nSPS) is 10.8. The molecule has 49 heavy (non-hydrogen) atoms. The molecule has 0 unspecified atom stereocenters. The first-order chi connectivity index (χ1) is 23.1. The van der Waals surface area contributed by atoms with Gasteiger partial charge in [0.2, 0.25) is 0 Å². The fraction of sp³-hybridized carbons (Fsp3) is 0.875. The van der Waals surface area contributed by atoms with Crippen molar-refractivity contribution in [2.45, 2.75) is 79.4 Å². The molecule has 16 nitrogen and oxygen atoms in total. The molecule has 0 saturated carbocycles. The molecule has 0 rings (SSSR count). The smallest absolute Gasteiger partial charge is 0.407 e. The van der Waals surface area contributed by atoms with E-state index in [1.165, 1.54) is 0 Å². The molecule has 17 heteroatoms. The summed E-state index contributed by atoms with van der Waals surface area (Å²) in [4.78, 5) is 44.0.